The zero-order valence-electron chi connectivity index (χ0n) is 12.9. The molecule has 0 amide bonds. The Balaban J connectivity index is 0.000000621. The summed E-state index contributed by atoms with van der Waals surface area (Å²) in [5.41, 5.74) is 12.8. The summed E-state index contributed by atoms with van der Waals surface area (Å²) in [7, 11) is 0. The zero-order chi connectivity index (χ0) is 15.1. The van der Waals surface area contributed by atoms with Crippen molar-refractivity contribution in [2.75, 3.05) is 5.73 Å². The molecule has 2 heteroatoms. The lowest BCUT2D eigenvalue weighted by Crippen LogP contribution is -1.88. The van der Waals surface area contributed by atoms with E-state index >= 15 is 0 Å². The van der Waals surface area contributed by atoms with Gasteiger partial charge in [-0.25, -0.2) is 0 Å². The maximum Gasteiger partial charge on any atom is 0.0314 e. The summed E-state index contributed by atoms with van der Waals surface area (Å²) in [6, 6.07) is 8.27. The lowest BCUT2D eigenvalue weighted by atomic mass is 10.0. The zero-order valence-corrected chi connectivity index (χ0v) is 12.9. The maximum absolute atomic E-state index is 5.64. The fraction of sp³-hybridized carbons (Fsp3) is 0.444. The Morgan fingerprint density at radius 3 is 2.10 bits per heavy atom. The second-order valence-corrected chi connectivity index (χ2v) is 4.88. The highest BCUT2D eigenvalue weighted by Crippen LogP contribution is 2.11. The highest BCUT2D eigenvalue weighted by Gasteiger charge is 1.93. The normalized spacial score (nSPS) is 10.1. The van der Waals surface area contributed by atoms with Gasteiger partial charge in [0.05, 0.1) is 0 Å². The van der Waals surface area contributed by atoms with Crippen LogP contribution in [0.4, 0.5) is 5.69 Å². The van der Waals surface area contributed by atoms with Crippen molar-refractivity contribution in [3.63, 3.8) is 0 Å². The molecule has 1 rings (SSSR count). The van der Waals surface area contributed by atoms with Crippen LogP contribution in [0.25, 0.3) is 0 Å². The number of aryl methyl sites for hydroxylation is 1. The third-order valence-electron chi connectivity index (χ3n) is 3.05. The molecule has 0 unspecified atom stereocenters. The van der Waals surface area contributed by atoms with Crippen LogP contribution in [0.15, 0.2) is 49.2 Å². The summed E-state index contributed by atoms with van der Waals surface area (Å²) in [6.45, 7) is 5.64. The number of allylic oxidation sites excluding steroid dienone is 2. The van der Waals surface area contributed by atoms with Gasteiger partial charge in [-0.1, -0.05) is 63.8 Å². The Bertz CT molecular complexity index is 352. The molecule has 112 valence electrons. The van der Waals surface area contributed by atoms with Gasteiger partial charge in [-0.05, 0) is 42.8 Å². The van der Waals surface area contributed by atoms with E-state index < -0.39 is 0 Å². The highest BCUT2D eigenvalue weighted by atomic mass is 14.5. The van der Waals surface area contributed by atoms with E-state index in [1.165, 1.54) is 56.7 Å². The Hall–Kier alpha value is -1.70. The number of hydrogen-bond acceptors (Lipinski definition) is 2. The molecule has 0 aromatic heterocycles. The van der Waals surface area contributed by atoms with Gasteiger partial charge in [-0.3, -0.25) is 0 Å². The smallest absolute Gasteiger partial charge is 0.0314 e. The van der Waals surface area contributed by atoms with Crippen molar-refractivity contribution in [2.24, 2.45) is 5.73 Å². The molecule has 0 bridgehead atoms. The summed E-state index contributed by atoms with van der Waals surface area (Å²) in [6.07, 6.45) is 14.1. The predicted molar refractivity (Wildman–Crippen MR) is 91.5 cm³/mol. The Morgan fingerprint density at radius 2 is 1.60 bits per heavy atom. The number of nitrogens with two attached hydrogens (primary N) is 2. The first-order chi connectivity index (χ1) is 9.74. The number of benzene rings is 1. The van der Waals surface area contributed by atoms with Crippen LogP contribution in [0.2, 0.25) is 0 Å². The van der Waals surface area contributed by atoms with Crippen LogP contribution in [0, 0.1) is 0 Å². The van der Waals surface area contributed by atoms with Crippen LogP contribution in [0.1, 0.15) is 51.0 Å². The summed E-state index contributed by atoms with van der Waals surface area (Å²) >= 11 is 0. The molecular weight excluding hydrogens is 244 g/mol. The standard InChI is InChI=1S/C14H23N.C4H7N/c1-2-3-4-5-6-7-8-13-9-11-14(15)12-10-13;1-2-3-4-5/h9-12H,2-8,15H2,1H3;2-4H,1,5H2/b;4-3+. The van der Waals surface area contributed by atoms with E-state index in [2.05, 4.69) is 25.6 Å². The SMILES string of the molecule is C=C/C=C/N.CCCCCCCCc1ccc(N)cc1. The number of hydrogen-bond donors (Lipinski definition) is 2. The molecule has 0 saturated heterocycles. The Labute approximate surface area is 124 Å². The molecule has 0 aliphatic rings. The third kappa shape index (κ3) is 11.4. The fourth-order valence-corrected chi connectivity index (χ4v) is 1.87. The van der Waals surface area contributed by atoms with Gasteiger partial charge < -0.3 is 11.5 Å². The van der Waals surface area contributed by atoms with Crippen molar-refractivity contribution in [3.05, 3.63) is 54.8 Å². The average molecular weight is 274 g/mol. The van der Waals surface area contributed by atoms with Crippen molar-refractivity contribution < 1.29 is 0 Å². The first-order valence-corrected chi connectivity index (χ1v) is 7.58. The summed E-state index contributed by atoms with van der Waals surface area (Å²) in [5.74, 6) is 0. The van der Waals surface area contributed by atoms with Gasteiger partial charge in [0, 0.05) is 5.69 Å². The molecule has 0 aliphatic carbocycles. The van der Waals surface area contributed by atoms with E-state index in [9.17, 15) is 0 Å². The molecular formula is C18H30N2. The van der Waals surface area contributed by atoms with Crippen LogP contribution in [-0.4, -0.2) is 0 Å². The van der Waals surface area contributed by atoms with E-state index in [1.54, 1.807) is 12.2 Å². The highest BCUT2D eigenvalue weighted by molar-refractivity contribution is 5.39. The van der Waals surface area contributed by atoms with E-state index in [-0.39, 0.29) is 0 Å². The summed E-state index contributed by atoms with van der Waals surface area (Å²) < 4.78 is 0. The van der Waals surface area contributed by atoms with Crippen LogP contribution in [0.3, 0.4) is 0 Å². The van der Waals surface area contributed by atoms with Crippen molar-refractivity contribution >= 4 is 5.69 Å². The number of rotatable bonds is 8. The van der Waals surface area contributed by atoms with E-state index in [0.29, 0.717) is 0 Å². The Kier molecular flexibility index (Phi) is 12.6. The van der Waals surface area contributed by atoms with E-state index in [0.717, 1.165) is 5.69 Å². The minimum atomic E-state index is 0.863. The van der Waals surface area contributed by atoms with Crippen LogP contribution >= 0.6 is 0 Å². The average Bonchev–Trinajstić information content (AvgIpc) is 2.46. The van der Waals surface area contributed by atoms with Gasteiger partial charge in [-0.2, -0.15) is 0 Å². The van der Waals surface area contributed by atoms with Crippen LogP contribution in [-0.2, 0) is 6.42 Å². The van der Waals surface area contributed by atoms with E-state index in [4.69, 9.17) is 11.5 Å². The van der Waals surface area contributed by atoms with Crippen molar-refractivity contribution in [1.29, 1.82) is 0 Å². The molecule has 1 aromatic rings. The van der Waals surface area contributed by atoms with Gasteiger partial charge in [0.1, 0.15) is 0 Å². The molecule has 0 saturated carbocycles. The van der Waals surface area contributed by atoms with Gasteiger partial charge >= 0.3 is 0 Å². The molecule has 1 aromatic carbocycles. The van der Waals surface area contributed by atoms with Crippen LogP contribution < -0.4 is 11.5 Å². The lowest BCUT2D eigenvalue weighted by Gasteiger charge is -2.02. The molecule has 0 spiro atoms. The van der Waals surface area contributed by atoms with Crippen molar-refractivity contribution in [2.45, 2.75) is 51.9 Å². The second-order valence-electron chi connectivity index (χ2n) is 4.88. The lowest BCUT2D eigenvalue weighted by molar-refractivity contribution is 0.607. The third-order valence-corrected chi connectivity index (χ3v) is 3.05. The molecule has 2 nitrogen and oxygen atoms in total. The molecule has 4 N–H and O–H groups in total. The van der Waals surface area contributed by atoms with Crippen molar-refractivity contribution in [3.8, 4) is 0 Å². The molecule has 0 aliphatic heterocycles. The predicted octanol–water partition coefficient (Wildman–Crippen LogP) is 4.82. The topological polar surface area (TPSA) is 52.0 Å². The number of anilines is 1. The monoisotopic (exact) mass is 274 g/mol. The van der Waals surface area contributed by atoms with Crippen LogP contribution in [0.5, 0.6) is 0 Å². The number of unbranched alkanes of at least 4 members (excludes halogenated alkanes) is 5. The summed E-state index contributed by atoms with van der Waals surface area (Å²) in [4.78, 5) is 0. The fourth-order valence-electron chi connectivity index (χ4n) is 1.87. The quantitative estimate of drug-likeness (QED) is 0.406. The first kappa shape index (κ1) is 18.3. The Morgan fingerprint density at radius 1 is 1.00 bits per heavy atom. The molecule has 0 fully saturated rings. The minimum Gasteiger partial charge on any atom is -0.405 e. The van der Waals surface area contributed by atoms with Gasteiger partial charge in [-0.15, -0.1) is 0 Å². The van der Waals surface area contributed by atoms with Gasteiger partial charge in [0.2, 0.25) is 0 Å². The molecule has 0 atom stereocenters. The molecule has 0 heterocycles. The first-order valence-electron chi connectivity index (χ1n) is 7.58. The molecule has 0 radical (unpaired) electrons. The van der Waals surface area contributed by atoms with E-state index in [1.807, 2.05) is 12.1 Å². The summed E-state index contributed by atoms with van der Waals surface area (Å²) in [5, 5.41) is 0. The maximum atomic E-state index is 5.64. The minimum absolute atomic E-state index is 0.863. The molecule has 20 heavy (non-hydrogen) atoms. The van der Waals surface area contributed by atoms with Gasteiger partial charge in [0.25, 0.3) is 0 Å². The van der Waals surface area contributed by atoms with Crippen molar-refractivity contribution in [1.82, 2.24) is 0 Å². The second kappa shape index (κ2) is 13.7. The van der Waals surface area contributed by atoms with Gasteiger partial charge in [0.15, 0.2) is 0 Å². The number of nitrogen functional groups attached to an aromatic ring is 1. The largest absolute Gasteiger partial charge is 0.405 e.